The highest BCUT2D eigenvalue weighted by molar-refractivity contribution is 6.23. The fourth-order valence-electron chi connectivity index (χ4n) is 6.75. The van der Waals surface area contributed by atoms with Crippen LogP contribution in [0.15, 0.2) is 115 Å². The smallest absolute Gasteiger partial charge is 0.254 e. The molecule has 1 aromatic heterocycles. The molecule has 0 N–H and O–H groups in total. The van der Waals surface area contributed by atoms with E-state index in [-0.39, 0.29) is 5.91 Å². The van der Waals surface area contributed by atoms with Gasteiger partial charge in [0.15, 0.2) is 0 Å². The second-order valence-corrected chi connectivity index (χ2v) is 12.0. The van der Waals surface area contributed by atoms with Crippen molar-refractivity contribution < 1.29 is 4.79 Å². The zero-order valence-corrected chi connectivity index (χ0v) is 25.4. The van der Waals surface area contributed by atoms with Crippen molar-refractivity contribution in [1.82, 2.24) is 9.88 Å². The monoisotopic (exact) mass is 574 g/mol. The van der Waals surface area contributed by atoms with Crippen LogP contribution in [0.2, 0.25) is 0 Å². The summed E-state index contributed by atoms with van der Waals surface area (Å²) in [6.07, 6.45) is 7.11. The molecule has 1 heterocycles. The van der Waals surface area contributed by atoms with E-state index in [9.17, 15) is 4.79 Å². The maximum Gasteiger partial charge on any atom is 0.254 e. The summed E-state index contributed by atoms with van der Waals surface area (Å²) >= 11 is 0. The van der Waals surface area contributed by atoms with E-state index in [4.69, 9.17) is 4.98 Å². The van der Waals surface area contributed by atoms with Gasteiger partial charge in [-0.15, -0.1) is 0 Å². The highest BCUT2D eigenvalue weighted by atomic mass is 16.2. The topological polar surface area (TPSA) is 33.2 Å². The molecule has 0 aliphatic heterocycles. The number of nitrogens with zero attached hydrogens (tertiary/aromatic N) is 2. The third-order valence-electron chi connectivity index (χ3n) is 9.07. The largest absolute Gasteiger partial charge is 0.334 e. The third-order valence-corrected chi connectivity index (χ3v) is 9.07. The second kappa shape index (κ2) is 12.5. The maximum absolute atomic E-state index is 14.7. The van der Waals surface area contributed by atoms with Crippen molar-refractivity contribution >= 4 is 49.1 Å². The SMILES string of the molecule is CCCCCCCCN(Cc1ccc2ccc3cccc4ccc1c2c34)C(=O)c1cc(-c2ccccc2)nc2ccccc12. The molecule has 0 bridgehead atoms. The van der Waals surface area contributed by atoms with E-state index in [1.807, 2.05) is 48.5 Å². The standard InChI is InChI=1S/C41H38N2O/c1-2-3-4-5-6-12-26-43(28-33-23-22-32-21-20-30-16-13-17-31-24-25-34(33)40(32)39(30)31)41(44)36-27-38(29-14-8-7-9-15-29)42-37-19-11-10-18-35(36)37/h7-11,13-25,27H,2-6,12,26,28H2,1H3. The molecule has 1 amide bonds. The van der Waals surface area contributed by atoms with Crippen LogP contribution >= 0.6 is 0 Å². The van der Waals surface area contributed by atoms with E-state index in [0.717, 1.165) is 47.1 Å². The molecule has 0 aliphatic carbocycles. The van der Waals surface area contributed by atoms with Crippen LogP contribution in [0.25, 0.3) is 54.5 Å². The van der Waals surface area contributed by atoms with Crippen LogP contribution in [-0.2, 0) is 6.54 Å². The number of carbonyl (C=O) groups is 1. The molecule has 3 nitrogen and oxygen atoms in total. The number of unbranched alkanes of at least 4 members (excludes halogenated alkanes) is 5. The third kappa shape index (κ3) is 5.39. The molecule has 0 atom stereocenters. The van der Waals surface area contributed by atoms with Crippen LogP contribution in [0, 0.1) is 0 Å². The minimum absolute atomic E-state index is 0.0695. The molecule has 7 aromatic rings. The van der Waals surface area contributed by atoms with Gasteiger partial charge in [0.25, 0.3) is 5.91 Å². The summed E-state index contributed by atoms with van der Waals surface area (Å²) in [4.78, 5) is 21.7. The number of aromatic nitrogens is 1. The van der Waals surface area contributed by atoms with E-state index in [1.54, 1.807) is 0 Å². The van der Waals surface area contributed by atoms with E-state index in [1.165, 1.54) is 63.6 Å². The van der Waals surface area contributed by atoms with Gasteiger partial charge in [-0.1, -0.05) is 142 Å². The fraction of sp³-hybridized carbons (Fsp3) is 0.220. The molecule has 44 heavy (non-hydrogen) atoms. The van der Waals surface area contributed by atoms with Gasteiger partial charge in [-0.2, -0.15) is 0 Å². The van der Waals surface area contributed by atoms with Crippen LogP contribution in [0.1, 0.15) is 61.4 Å². The first kappa shape index (κ1) is 28.0. The molecule has 0 fully saturated rings. The molecule has 0 saturated heterocycles. The Morgan fingerprint density at radius 1 is 0.636 bits per heavy atom. The second-order valence-electron chi connectivity index (χ2n) is 12.0. The average molecular weight is 575 g/mol. The number of hydrogen-bond acceptors (Lipinski definition) is 2. The lowest BCUT2D eigenvalue weighted by molar-refractivity contribution is 0.0742. The number of para-hydroxylation sites is 1. The summed E-state index contributed by atoms with van der Waals surface area (Å²) in [7, 11) is 0. The van der Waals surface area contributed by atoms with Gasteiger partial charge in [0.1, 0.15) is 0 Å². The van der Waals surface area contributed by atoms with Gasteiger partial charge < -0.3 is 4.90 Å². The maximum atomic E-state index is 14.7. The summed E-state index contributed by atoms with van der Waals surface area (Å²) in [5.41, 5.74) is 4.60. The van der Waals surface area contributed by atoms with E-state index in [2.05, 4.69) is 78.6 Å². The lowest BCUT2D eigenvalue weighted by Crippen LogP contribution is -2.32. The van der Waals surface area contributed by atoms with Gasteiger partial charge >= 0.3 is 0 Å². The minimum atomic E-state index is 0.0695. The molecule has 7 rings (SSSR count). The summed E-state index contributed by atoms with van der Waals surface area (Å²) in [6.45, 7) is 3.54. The van der Waals surface area contributed by atoms with Gasteiger partial charge in [-0.05, 0) is 56.4 Å². The minimum Gasteiger partial charge on any atom is -0.334 e. The number of fused-ring (bicyclic) bond motifs is 1. The van der Waals surface area contributed by atoms with Gasteiger partial charge in [0.2, 0.25) is 0 Å². The van der Waals surface area contributed by atoms with Gasteiger partial charge in [-0.3, -0.25) is 4.79 Å². The Morgan fingerprint density at radius 3 is 2.14 bits per heavy atom. The van der Waals surface area contributed by atoms with Crippen molar-refractivity contribution in [2.24, 2.45) is 0 Å². The fourth-order valence-corrected chi connectivity index (χ4v) is 6.75. The van der Waals surface area contributed by atoms with Crippen molar-refractivity contribution in [2.75, 3.05) is 6.54 Å². The summed E-state index contributed by atoms with van der Waals surface area (Å²) in [6, 6.07) is 40.1. The predicted octanol–water partition coefficient (Wildman–Crippen LogP) is 10.8. The number of carbonyl (C=O) groups excluding carboxylic acids is 1. The van der Waals surface area contributed by atoms with Crippen molar-refractivity contribution in [3.05, 3.63) is 126 Å². The van der Waals surface area contributed by atoms with E-state index < -0.39 is 0 Å². The molecule has 0 spiro atoms. The molecule has 0 saturated carbocycles. The number of benzene rings is 6. The Kier molecular flexibility index (Phi) is 7.94. The first-order valence-electron chi connectivity index (χ1n) is 16.1. The van der Waals surface area contributed by atoms with Crippen LogP contribution < -0.4 is 0 Å². The van der Waals surface area contributed by atoms with Crippen LogP contribution in [-0.4, -0.2) is 22.3 Å². The zero-order chi connectivity index (χ0) is 29.9. The molecular weight excluding hydrogens is 536 g/mol. The van der Waals surface area contributed by atoms with Crippen molar-refractivity contribution in [3.8, 4) is 11.3 Å². The van der Waals surface area contributed by atoms with Gasteiger partial charge in [0.05, 0.1) is 16.8 Å². The van der Waals surface area contributed by atoms with E-state index >= 15 is 0 Å². The Hall–Kier alpha value is -4.76. The van der Waals surface area contributed by atoms with Crippen LogP contribution in [0.5, 0.6) is 0 Å². The molecule has 0 unspecified atom stereocenters. The molecule has 6 aromatic carbocycles. The highest BCUT2D eigenvalue weighted by Gasteiger charge is 2.22. The first-order valence-corrected chi connectivity index (χ1v) is 16.1. The average Bonchev–Trinajstić information content (AvgIpc) is 3.08. The van der Waals surface area contributed by atoms with Gasteiger partial charge in [-0.25, -0.2) is 4.98 Å². The van der Waals surface area contributed by atoms with Crippen molar-refractivity contribution in [1.29, 1.82) is 0 Å². The molecular formula is C41H38N2O. The van der Waals surface area contributed by atoms with Crippen LogP contribution in [0.4, 0.5) is 0 Å². The molecule has 218 valence electrons. The normalized spacial score (nSPS) is 11.7. The number of rotatable bonds is 11. The summed E-state index contributed by atoms with van der Waals surface area (Å²) in [5, 5.41) is 8.51. The predicted molar refractivity (Wildman–Crippen MR) is 185 cm³/mol. The lowest BCUT2D eigenvalue weighted by Gasteiger charge is -2.25. The zero-order valence-electron chi connectivity index (χ0n) is 25.4. The Labute approximate surface area is 259 Å². The van der Waals surface area contributed by atoms with Crippen molar-refractivity contribution in [3.63, 3.8) is 0 Å². The summed E-state index contributed by atoms with van der Waals surface area (Å²) < 4.78 is 0. The quantitative estimate of drug-likeness (QED) is 0.114. The molecule has 3 heteroatoms. The highest BCUT2D eigenvalue weighted by Crippen LogP contribution is 2.36. The van der Waals surface area contributed by atoms with Crippen LogP contribution in [0.3, 0.4) is 0 Å². The number of hydrogen-bond donors (Lipinski definition) is 0. The Morgan fingerprint density at radius 2 is 1.32 bits per heavy atom. The van der Waals surface area contributed by atoms with Crippen molar-refractivity contribution in [2.45, 2.75) is 52.0 Å². The van der Waals surface area contributed by atoms with E-state index in [0.29, 0.717) is 6.54 Å². The lowest BCUT2D eigenvalue weighted by atomic mass is 9.91. The van der Waals surface area contributed by atoms with Gasteiger partial charge in [0, 0.05) is 24.0 Å². The molecule has 0 aliphatic rings. The summed E-state index contributed by atoms with van der Waals surface area (Å²) in [5.74, 6) is 0.0695. The first-order chi connectivity index (χ1) is 21.7. The Balaban J connectivity index is 1.30. The molecule has 0 radical (unpaired) electrons. The number of amides is 1. The Bertz CT molecular complexity index is 2050. The number of pyridine rings is 1.